The molecule has 0 saturated heterocycles. The zero-order valence-corrected chi connectivity index (χ0v) is 15.9. The topological polar surface area (TPSA) is 18.5 Å². The van der Waals surface area contributed by atoms with E-state index in [4.69, 9.17) is 8.85 Å². The Labute approximate surface area is 128 Å². The predicted octanol–water partition coefficient (Wildman–Crippen LogP) is 6.05. The molecule has 0 spiro atoms. The third-order valence-electron chi connectivity index (χ3n) is 4.32. The van der Waals surface area contributed by atoms with Gasteiger partial charge in [0.2, 0.25) is 0 Å². The van der Waals surface area contributed by atoms with E-state index >= 15 is 0 Å². The Morgan fingerprint density at radius 2 is 1.20 bits per heavy atom. The van der Waals surface area contributed by atoms with Gasteiger partial charge in [0.15, 0.2) is 0 Å². The van der Waals surface area contributed by atoms with Crippen molar-refractivity contribution in [1.82, 2.24) is 0 Å². The lowest BCUT2D eigenvalue weighted by Crippen LogP contribution is -2.51. The van der Waals surface area contributed by atoms with Gasteiger partial charge < -0.3 is 8.85 Å². The van der Waals surface area contributed by atoms with Crippen LogP contribution in [-0.4, -0.2) is 21.8 Å². The minimum absolute atomic E-state index is 0.208. The average molecular weight is 303 g/mol. The summed E-state index contributed by atoms with van der Waals surface area (Å²) in [5, 5.41) is 0.208. The van der Waals surface area contributed by atoms with Gasteiger partial charge >= 0.3 is 8.56 Å². The molecule has 3 heteroatoms. The lowest BCUT2D eigenvalue weighted by Gasteiger charge is -2.43. The summed E-state index contributed by atoms with van der Waals surface area (Å²) in [5.74, 6) is 0. The molecule has 0 N–H and O–H groups in total. The highest BCUT2D eigenvalue weighted by Gasteiger charge is 2.50. The Bertz CT molecular complexity index is 219. The molecular formula is C17H38O2Si. The normalized spacial score (nSPS) is 12.9. The van der Waals surface area contributed by atoms with Crippen LogP contribution in [-0.2, 0) is 8.85 Å². The molecule has 20 heavy (non-hydrogen) atoms. The van der Waals surface area contributed by atoms with Crippen molar-refractivity contribution in [2.75, 3.05) is 13.2 Å². The van der Waals surface area contributed by atoms with Crippen molar-refractivity contribution >= 4 is 8.56 Å². The van der Waals surface area contributed by atoms with E-state index in [0.717, 1.165) is 32.1 Å². The van der Waals surface area contributed by atoms with Gasteiger partial charge in [-0.2, -0.15) is 0 Å². The first-order valence-corrected chi connectivity index (χ1v) is 10.8. The van der Waals surface area contributed by atoms with Crippen LogP contribution in [0.25, 0.3) is 0 Å². The third kappa shape index (κ3) is 6.27. The highest BCUT2D eigenvalue weighted by atomic mass is 28.4. The summed E-state index contributed by atoms with van der Waals surface area (Å²) in [6.07, 6.45) is 8.43. The average Bonchev–Trinajstić information content (AvgIpc) is 2.43. The molecule has 122 valence electrons. The van der Waals surface area contributed by atoms with E-state index in [9.17, 15) is 0 Å². The van der Waals surface area contributed by atoms with E-state index in [1.807, 2.05) is 0 Å². The number of hydrogen-bond acceptors (Lipinski definition) is 2. The monoisotopic (exact) mass is 302 g/mol. The van der Waals surface area contributed by atoms with E-state index in [-0.39, 0.29) is 5.04 Å². The molecule has 0 amide bonds. The Kier molecular flexibility index (Phi) is 10.9. The van der Waals surface area contributed by atoms with Crippen LogP contribution in [0.15, 0.2) is 0 Å². The molecule has 2 nitrogen and oxygen atoms in total. The summed E-state index contributed by atoms with van der Waals surface area (Å²) in [6.45, 7) is 15.5. The molecule has 0 aliphatic rings. The van der Waals surface area contributed by atoms with Gasteiger partial charge in [-0.05, 0) is 25.3 Å². The van der Waals surface area contributed by atoms with Gasteiger partial charge in [0.25, 0.3) is 0 Å². The Balaban J connectivity index is 4.85. The summed E-state index contributed by atoms with van der Waals surface area (Å²) in [4.78, 5) is 0. The van der Waals surface area contributed by atoms with Crippen molar-refractivity contribution in [3.8, 4) is 0 Å². The lowest BCUT2D eigenvalue weighted by molar-refractivity contribution is 0.138. The smallest absolute Gasteiger partial charge is 0.343 e. The first kappa shape index (κ1) is 20.1. The van der Waals surface area contributed by atoms with Crippen molar-refractivity contribution in [2.24, 2.45) is 0 Å². The van der Waals surface area contributed by atoms with E-state index in [1.165, 1.54) is 32.1 Å². The number of rotatable bonds is 13. The Morgan fingerprint density at radius 3 is 1.55 bits per heavy atom. The predicted molar refractivity (Wildman–Crippen MR) is 91.5 cm³/mol. The highest BCUT2D eigenvalue weighted by molar-refractivity contribution is 6.70. The van der Waals surface area contributed by atoms with Crippen LogP contribution in [0.5, 0.6) is 0 Å². The van der Waals surface area contributed by atoms with Gasteiger partial charge in [0.05, 0.1) is 0 Å². The summed E-state index contributed by atoms with van der Waals surface area (Å²) in [7, 11) is -2.11. The van der Waals surface area contributed by atoms with Crippen LogP contribution in [0.3, 0.4) is 0 Å². The van der Waals surface area contributed by atoms with Crippen LogP contribution in [0.1, 0.15) is 86.5 Å². The molecular weight excluding hydrogens is 264 g/mol. The Hall–Kier alpha value is 0.137. The zero-order valence-electron chi connectivity index (χ0n) is 14.9. The van der Waals surface area contributed by atoms with Crippen molar-refractivity contribution in [1.29, 1.82) is 0 Å². The SMILES string of the molecule is CCCCO[Si](CC)(OCCCC)C(C)(C)CCCC. The second-order valence-corrected chi connectivity index (χ2v) is 10.6. The molecule has 0 aromatic carbocycles. The molecule has 0 saturated carbocycles. The van der Waals surface area contributed by atoms with Crippen LogP contribution in [0, 0.1) is 0 Å². The van der Waals surface area contributed by atoms with Crippen molar-refractivity contribution in [2.45, 2.75) is 97.6 Å². The molecule has 0 radical (unpaired) electrons. The second kappa shape index (κ2) is 10.8. The molecule has 0 unspecified atom stereocenters. The third-order valence-corrected chi connectivity index (χ3v) is 8.90. The van der Waals surface area contributed by atoms with E-state index in [0.29, 0.717) is 0 Å². The molecule has 0 rings (SSSR count). The van der Waals surface area contributed by atoms with Crippen LogP contribution < -0.4 is 0 Å². The fourth-order valence-electron chi connectivity index (χ4n) is 2.69. The van der Waals surface area contributed by atoms with Crippen molar-refractivity contribution < 1.29 is 8.85 Å². The van der Waals surface area contributed by atoms with Gasteiger partial charge in [-0.25, -0.2) is 0 Å². The molecule has 0 aliphatic carbocycles. The molecule has 0 aliphatic heterocycles. The minimum atomic E-state index is -2.11. The van der Waals surface area contributed by atoms with Gasteiger partial charge in [-0.15, -0.1) is 0 Å². The van der Waals surface area contributed by atoms with Gasteiger partial charge in [-0.3, -0.25) is 0 Å². The quantitative estimate of drug-likeness (QED) is 0.304. The molecule has 0 aromatic rings. The molecule has 0 fully saturated rings. The van der Waals surface area contributed by atoms with Crippen LogP contribution in [0.4, 0.5) is 0 Å². The van der Waals surface area contributed by atoms with Crippen molar-refractivity contribution in [3.05, 3.63) is 0 Å². The van der Waals surface area contributed by atoms with E-state index < -0.39 is 8.56 Å². The summed E-state index contributed by atoms with van der Waals surface area (Å²) in [6, 6.07) is 1.07. The maximum atomic E-state index is 6.44. The first-order valence-electron chi connectivity index (χ1n) is 8.77. The Morgan fingerprint density at radius 1 is 0.750 bits per heavy atom. The standard InChI is InChI=1S/C17H38O2Si/c1-7-11-14-17(5,6)20(10-4,18-15-12-8-2)19-16-13-9-3/h7-16H2,1-6H3. The fraction of sp³-hybridized carbons (Fsp3) is 1.00. The van der Waals surface area contributed by atoms with Crippen LogP contribution >= 0.6 is 0 Å². The lowest BCUT2D eigenvalue weighted by atomic mass is 10.1. The maximum Gasteiger partial charge on any atom is 0.343 e. The molecule has 0 heterocycles. The molecule has 0 bridgehead atoms. The largest absolute Gasteiger partial charge is 0.394 e. The molecule has 0 atom stereocenters. The van der Waals surface area contributed by atoms with E-state index in [2.05, 4.69) is 41.5 Å². The summed E-state index contributed by atoms with van der Waals surface area (Å²) >= 11 is 0. The van der Waals surface area contributed by atoms with Gasteiger partial charge in [0, 0.05) is 18.3 Å². The first-order chi connectivity index (χ1) is 9.49. The number of unbranched alkanes of at least 4 members (excludes halogenated alkanes) is 3. The van der Waals surface area contributed by atoms with Crippen molar-refractivity contribution in [3.63, 3.8) is 0 Å². The number of hydrogen-bond donors (Lipinski definition) is 0. The van der Waals surface area contributed by atoms with Gasteiger partial charge in [0.1, 0.15) is 0 Å². The van der Waals surface area contributed by atoms with E-state index in [1.54, 1.807) is 0 Å². The summed E-state index contributed by atoms with van der Waals surface area (Å²) in [5.41, 5.74) is 0. The van der Waals surface area contributed by atoms with Crippen LogP contribution in [0.2, 0.25) is 11.1 Å². The highest BCUT2D eigenvalue weighted by Crippen LogP contribution is 2.45. The fourth-order valence-corrected chi connectivity index (χ4v) is 6.42. The summed E-state index contributed by atoms with van der Waals surface area (Å²) < 4.78 is 12.9. The van der Waals surface area contributed by atoms with Gasteiger partial charge in [-0.1, -0.05) is 67.2 Å². The zero-order chi connectivity index (χ0) is 15.5. The maximum absolute atomic E-state index is 6.44. The second-order valence-electron chi connectivity index (χ2n) is 6.50. The minimum Gasteiger partial charge on any atom is -0.394 e. The molecule has 0 aromatic heterocycles.